The van der Waals surface area contributed by atoms with Gasteiger partial charge in [-0.15, -0.1) is 0 Å². The summed E-state index contributed by atoms with van der Waals surface area (Å²) in [6.45, 7) is 2.06. The lowest BCUT2D eigenvalue weighted by atomic mass is 10.1. The topological polar surface area (TPSA) is 76.8 Å². The highest BCUT2D eigenvalue weighted by atomic mass is 16.5. The van der Waals surface area contributed by atoms with Crippen LogP contribution in [0.4, 0.5) is 0 Å². The fourth-order valence-corrected chi connectivity index (χ4v) is 2.82. The predicted octanol–water partition coefficient (Wildman–Crippen LogP) is 2.23. The highest BCUT2D eigenvalue weighted by Gasteiger charge is 2.27. The largest absolute Gasteiger partial charge is 0.464 e. The van der Waals surface area contributed by atoms with Crippen molar-refractivity contribution in [1.29, 1.82) is 0 Å². The van der Waals surface area contributed by atoms with Crippen molar-refractivity contribution in [3.63, 3.8) is 0 Å². The Hall–Kier alpha value is -2.63. The summed E-state index contributed by atoms with van der Waals surface area (Å²) in [6, 6.07) is 5.87. The van der Waals surface area contributed by atoms with Gasteiger partial charge in [0.1, 0.15) is 5.58 Å². The molecule has 1 fully saturated rings. The van der Waals surface area contributed by atoms with E-state index in [-0.39, 0.29) is 12.3 Å². The number of nitrogens with zero attached hydrogens (tertiary/aromatic N) is 1. The summed E-state index contributed by atoms with van der Waals surface area (Å²) in [5, 5.41) is 0.866. The SMILES string of the molecule is CCc1ccc2c(CC(=O)OCC(=O)N3CCCC3=O)coc2c1. The van der Waals surface area contributed by atoms with Crippen LogP contribution in [0.3, 0.4) is 0 Å². The third-order valence-electron chi connectivity index (χ3n) is 4.19. The summed E-state index contributed by atoms with van der Waals surface area (Å²) >= 11 is 0. The van der Waals surface area contributed by atoms with E-state index in [1.807, 2.05) is 18.2 Å². The van der Waals surface area contributed by atoms with Crippen molar-refractivity contribution < 1.29 is 23.5 Å². The number of esters is 1. The van der Waals surface area contributed by atoms with Crippen LogP contribution in [0.15, 0.2) is 28.9 Å². The first-order chi connectivity index (χ1) is 11.6. The van der Waals surface area contributed by atoms with Crippen molar-refractivity contribution in [2.75, 3.05) is 13.2 Å². The molecule has 0 spiro atoms. The maximum absolute atomic E-state index is 12.0. The molecular formula is C18H19NO5. The Kier molecular flexibility index (Phi) is 4.64. The molecule has 126 valence electrons. The molecule has 1 aromatic heterocycles. The van der Waals surface area contributed by atoms with Crippen LogP contribution in [0.2, 0.25) is 0 Å². The molecule has 1 aromatic carbocycles. The van der Waals surface area contributed by atoms with E-state index in [0.29, 0.717) is 19.4 Å². The molecule has 0 bridgehead atoms. The summed E-state index contributed by atoms with van der Waals surface area (Å²) < 4.78 is 10.5. The van der Waals surface area contributed by atoms with Crippen molar-refractivity contribution in [3.05, 3.63) is 35.6 Å². The molecule has 0 unspecified atom stereocenters. The molecule has 1 saturated heterocycles. The van der Waals surface area contributed by atoms with E-state index < -0.39 is 18.5 Å². The Balaban J connectivity index is 1.59. The molecule has 0 atom stereocenters. The van der Waals surface area contributed by atoms with E-state index >= 15 is 0 Å². The minimum Gasteiger partial charge on any atom is -0.464 e. The van der Waals surface area contributed by atoms with E-state index in [4.69, 9.17) is 9.15 Å². The molecular weight excluding hydrogens is 310 g/mol. The minimum atomic E-state index is -0.516. The molecule has 0 radical (unpaired) electrons. The molecule has 1 aliphatic heterocycles. The lowest BCUT2D eigenvalue weighted by Gasteiger charge is -2.13. The molecule has 2 heterocycles. The van der Waals surface area contributed by atoms with Crippen LogP contribution in [0, 0.1) is 0 Å². The smallest absolute Gasteiger partial charge is 0.310 e. The number of hydrogen-bond acceptors (Lipinski definition) is 5. The number of fused-ring (bicyclic) bond motifs is 1. The number of hydrogen-bond donors (Lipinski definition) is 0. The lowest BCUT2D eigenvalue weighted by Crippen LogP contribution is -2.35. The van der Waals surface area contributed by atoms with Gasteiger partial charge in [-0.2, -0.15) is 0 Å². The number of benzene rings is 1. The number of amides is 2. The second-order valence-electron chi connectivity index (χ2n) is 5.83. The van der Waals surface area contributed by atoms with Crippen LogP contribution < -0.4 is 0 Å². The lowest BCUT2D eigenvalue weighted by molar-refractivity contribution is -0.154. The summed E-state index contributed by atoms with van der Waals surface area (Å²) in [5.74, 6) is -1.18. The maximum atomic E-state index is 12.0. The number of imide groups is 1. The van der Waals surface area contributed by atoms with E-state index in [2.05, 4.69) is 6.92 Å². The Labute approximate surface area is 139 Å². The fraction of sp³-hybridized carbons (Fsp3) is 0.389. The predicted molar refractivity (Wildman–Crippen MR) is 86.2 cm³/mol. The van der Waals surface area contributed by atoms with Crippen LogP contribution >= 0.6 is 0 Å². The minimum absolute atomic E-state index is 0.0275. The van der Waals surface area contributed by atoms with E-state index in [1.165, 1.54) is 6.26 Å². The number of likely N-dealkylation sites (tertiary alicyclic amines) is 1. The number of ether oxygens (including phenoxy) is 1. The first kappa shape index (κ1) is 16.2. The molecule has 24 heavy (non-hydrogen) atoms. The van der Waals surface area contributed by atoms with E-state index in [1.54, 1.807) is 0 Å². The molecule has 0 saturated carbocycles. The standard InChI is InChI=1S/C18H19NO5/c1-2-12-5-6-14-13(10-23-15(14)8-12)9-18(22)24-11-17(21)19-7-3-4-16(19)20/h5-6,8,10H,2-4,7,9,11H2,1H3. The number of carbonyl (C=O) groups excluding carboxylic acids is 3. The highest BCUT2D eigenvalue weighted by Crippen LogP contribution is 2.23. The highest BCUT2D eigenvalue weighted by molar-refractivity contribution is 5.97. The van der Waals surface area contributed by atoms with Gasteiger partial charge in [0.05, 0.1) is 12.7 Å². The van der Waals surface area contributed by atoms with Crippen molar-refractivity contribution in [2.45, 2.75) is 32.6 Å². The number of aryl methyl sites for hydroxylation is 1. The second-order valence-corrected chi connectivity index (χ2v) is 5.83. The molecule has 0 N–H and O–H groups in total. The van der Waals surface area contributed by atoms with Gasteiger partial charge in [-0.3, -0.25) is 19.3 Å². The number of rotatable bonds is 5. The summed E-state index contributed by atoms with van der Waals surface area (Å²) in [6.07, 6.45) is 3.52. The van der Waals surface area contributed by atoms with E-state index in [9.17, 15) is 14.4 Å². The quantitative estimate of drug-likeness (QED) is 0.786. The van der Waals surface area contributed by atoms with Crippen molar-refractivity contribution in [2.24, 2.45) is 0 Å². The van der Waals surface area contributed by atoms with Gasteiger partial charge < -0.3 is 9.15 Å². The number of furan rings is 1. The van der Waals surface area contributed by atoms with Crippen LogP contribution in [0.5, 0.6) is 0 Å². The summed E-state index contributed by atoms with van der Waals surface area (Å²) in [5.41, 5.74) is 2.62. The average Bonchev–Trinajstić information content (AvgIpc) is 3.18. The normalized spacial score (nSPS) is 14.4. The first-order valence-electron chi connectivity index (χ1n) is 8.06. The second kappa shape index (κ2) is 6.86. The van der Waals surface area contributed by atoms with Gasteiger partial charge in [-0.05, 0) is 24.5 Å². The molecule has 3 rings (SSSR count). The Morgan fingerprint density at radius 3 is 2.88 bits per heavy atom. The zero-order chi connectivity index (χ0) is 17.1. The van der Waals surface area contributed by atoms with Crippen molar-refractivity contribution in [3.8, 4) is 0 Å². The molecule has 6 nitrogen and oxygen atoms in total. The Morgan fingerprint density at radius 1 is 1.33 bits per heavy atom. The Morgan fingerprint density at radius 2 is 2.17 bits per heavy atom. The van der Waals surface area contributed by atoms with Gasteiger partial charge in [0.25, 0.3) is 5.91 Å². The maximum Gasteiger partial charge on any atom is 0.310 e. The zero-order valence-corrected chi connectivity index (χ0v) is 13.5. The van der Waals surface area contributed by atoms with Gasteiger partial charge in [-0.1, -0.05) is 19.1 Å². The van der Waals surface area contributed by atoms with Gasteiger partial charge in [0, 0.05) is 23.9 Å². The van der Waals surface area contributed by atoms with Crippen LogP contribution in [0.25, 0.3) is 11.0 Å². The fourth-order valence-electron chi connectivity index (χ4n) is 2.82. The van der Waals surface area contributed by atoms with Crippen molar-refractivity contribution >= 4 is 28.8 Å². The third kappa shape index (κ3) is 3.32. The first-order valence-corrected chi connectivity index (χ1v) is 8.06. The third-order valence-corrected chi connectivity index (χ3v) is 4.19. The monoisotopic (exact) mass is 329 g/mol. The van der Waals surface area contributed by atoms with Gasteiger partial charge in [0.15, 0.2) is 6.61 Å². The van der Waals surface area contributed by atoms with E-state index in [0.717, 1.165) is 33.4 Å². The van der Waals surface area contributed by atoms with Crippen molar-refractivity contribution in [1.82, 2.24) is 4.90 Å². The van der Waals surface area contributed by atoms with Gasteiger partial charge >= 0.3 is 5.97 Å². The van der Waals surface area contributed by atoms with Crippen LogP contribution in [-0.2, 0) is 32.0 Å². The van der Waals surface area contributed by atoms with Gasteiger partial charge in [0.2, 0.25) is 5.91 Å². The summed E-state index contributed by atoms with van der Waals surface area (Å²) in [7, 11) is 0. The molecule has 1 aliphatic rings. The zero-order valence-electron chi connectivity index (χ0n) is 13.5. The number of carbonyl (C=O) groups is 3. The van der Waals surface area contributed by atoms with Gasteiger partial charge in [-0.25, -0.2) is 0 Å². The molecule has 6 heteroatoms. The molecule has 2 amide bonds. The average molecular weight is 329 g/mol. The molecule has 2 aromatic rings. The Bertz CT molecular complexity index is 792. The molecule has 0 aliphatic carbocycles. The summed E-state index contributed by atoms with van der Waals surface area (Å²) in [4.78, 5) is 36.4. The van der Waals surface area contributed by atoms with Crippen LogP contribution in [-0.4, -0.2) is 35.8 Å². The van der Waals surface area contributed by atoms with Crippen LogP contribution in [0.1, 0.15) is 30.9 Å².